The van der Waals surface area contributed by atoms with Crippen molar-refractivity contribution < 1.29 is 9.59 Å². The van der Waals surface area contributed by atoms with Crippen LogP contribution in [0.5, 0.6) is 0 Å². The summed E-state index contributed by atoms with van der Waals surface area (Å²) in [5.74, 6) is 0.105. The van der Waals surface area contributed by atoms with Gasteiger partial charge in [-0.05, 0) is 25.7 Å². The number of likely N-dealkylation sites (tertiary alicyclic amines) is 2. The monoisotopic (exact) mass is 317 g/mol. The van der Waals surface area contributed by atoms with E-state index in [4.69, 9.17) is 5.73 Å². The Morgan fingerprint density at radius 1 is 1.33 bits per heavy atom. The Morgan fingerprint density at radius 3 is 2.57 bits per heavy atom. The Balaban J connectivity index is 0.00000220. The highest BCUT2D eigenvalue weighted by molar-refractivity contribution is 5.89. The van der Waals surface area contributed by atoms with Gasteiger partial charge in [-0.15, -0.1) is 12.4 Å². The first-order chi connectivity index (χ1) is 9.56. The number of halogens is 1. The van der Waals surface area contributed by atoms with Gasteiger partial charge >= 0.3 is 0 Å². The largest absolute Gasteiger partial charge is 0.341 e. The fourth-order valence-electron chi connectivity index (χ4n) is 3.45. The van der Waals surface area contributed by atoms with Gasteiger partial charge in [0.05, 0.1) is 5.92 Å². The van der Waals surface area contributed by atoms with Crippen LogP contribution in [0.15, 0.2) is 0 Å². The minimum absolute atomic E-state index is 0. The lowest BCUT2D eigenvalue weighted by Gasteiger charge is -2.33. The third-order valence-electron chi connectivity index (χ3n) is 4.66. The quantitative estimate of drug-likeness (QED) is 0.852. The molecule has 2 aliphatic heterocycles. The van der Waals surface area contributed by atoms with Crippen molar-refractivity contribution in [3.63, 3.8) is 0 Å². The zero-order chi connectivity index (χ0) is 14.7. The van der Waals surface area contributed by atoms with Crippen LogP contribution in [0, 0.1) is 5.92 Å². The molecule has 2 atom stereocenters. The van der Waals surface area contributed by atoms with Gasteiger partial charge in [-0.3, -0.25) is 9.59 Å². The standard InChI is InChI=1S/C15H27N3O2.ClH/c1-3-13(4-2)18-9-11(8-14(18)19)15(20)17-7-5-6-12(16)10-17;/h11-13H,3-10,16H2,1-2H3;1H. The first kappa shape index (κ1) is 18.2. The molecular weight excluding hydrogens is 290 g/mol. The van der Waals surface area contributed by atoms with Crippen molar-refractivity contribution in [2.24, 2.45) is 11.7 Å². The van der Waals surface area contributed by atoms with E-state index >= 15 is 0 Å². The summed E-state index contributed by atoms with van der Waals surface area (Å²) >= 11 is 0. The molecule has 0 spiro atoms. The summed E-state index contributed by atoms with van der Waals surface area (Å²) in [5, 5.41) is 0. The van der Waals surface area contributed by atoms with Crippen LogP contribution in [0.3, 0.4) is 0 Å². The maximum Gasteiger partial charge on any atom is 0.228 e. The van der Waals surface area contributed by atoms with Gasteiger partial charge in [0.25, 0.3) is 0 Å². The number of hydrogen-bond acceptors (Lipinski definition) is 3. The topological polar surface area (TPSA) is 66.6 Å². The van der Waals surface area contributed by atoms with Crippen LogP contribution in [-0.4, -0.2) is 53.3 Å². The van der Waals surface area contributed by atoms with Crippen LogP contribution < -0.4 is 5.73 Å². The Hall–Kier alpha value is -0.810. The van der Waals surface area contributed by atoms with Crippen molar-refractivity contribution in [1.29, 1.82) is 0 Å². The van der Waals surface area contributed by atoms with Gasteiger partial charge in [-0.2, -0.15) is 0 Å². The minimum Gasteiger partial charge on any atom is -0.341 e. The van der Waals surface area contributed by atoms with E-state index in [1.165, 1.54) is 0 Å². The van der Waals surface area contributed by atoms with E-state index in [9.17, 15) is 9.59 Å². The molecule has 0 bridgehead atoms. The summed E-state index contributed by atoms with van der Waals surface area (Å²) in [5.41, 5.74) is 5.94. The highest BCUT2D eigenvalue weighted by Crippen LogP contribution is 2.25. The lowest BCUT2D eigenvalue weighted by molar-refractivity contribution is -0.137. The number of nitrogens with two attached hydrogens (primary N) is 1. The van der Waals surface area contributed by atoms with Crippen molar-refractivity contribution in [2.75, 3.05) is 19.6 Å². The van der Waals surface area contributed by atoms with Crippen LogP contribution in [0.2, 0.25) is 0 Å². The number of hydrogen-bond donors (Lipinski definition) is 1. The Bertz CT molecular complexity index is 374. The first-order valence-electron chi connectivity index (χ1n) is 7.90. The van der Waals surface area contributed by atoms with Gasteiger partial charge in [0.15, 0.2) is 0 Å². The van der Waals surface area contributed by atoms with E-state index in [-0.39, 0.29) is 42.2 Å². The average Bonchev–Trinajstić information content (AvgIpc) is 2.82. The van der Waals surface area contributed by atoms with Gasteiger partial charge in [0.2, 0.25) is 11.8 Å². The van der Waals surface area contributed by atoms with E-state index < -0.39 is 0 Å². The molecule has 2 rings (SSSR count). The van der Waals surface area contributed by atoms with Crippen molar-refractivity contribution >= 4 is 24.2 Å². The molecule has 5 nitrogen and oxygen atoms in total. The number of amides is 2. The smallest absolute Gasteiger partial charge is 0.228 e. The zero-order valence-corrected chi connectivity index (χ0v) is 13.9. The molecular formula is C15H28ClN3O2. The van der Waals surface area contributed by atoms with Crippen LogP contribution >= 0.6 is 12.4 Å². The van der Waals surface area contributed by atoms with Crippen molar-refractivity contribution in [3.8, 4) is 0 Å². The third-order valence-corrected chi connectivity index (χ3v) is 4.66. The predicted octanol–water partition coefficient (Wildman–Crippen LogP) is 1.39. The highest BCUT2D eigenvalue weighted by atomic mass is 35.5. The second-order valence-electron chi connectivity index (χ2n) is 6.10. The lowest BCUT2D eigenvalue weighted by Crippen LogP contribution is -2.48. The molecule has 2 N–H and O–H groups in total. The van der Waals surface area contributed by atoms with Gasteiger partial charge in [0, 0.05) is 38.1 Å². The molecule has 0 saturated carbocycles. The Labute approximate surface area is 133 Å². The predicted molar refractivity (Wildman–Crippen MR) is 85.2 cm³/mol. The van der Waals surface area contributed by atoms with Gasteiger partial charge in [-0.25, -0.2) is 0 Å². The van der Waals surface area contributed by atoms with E-state index in [1.807, 2.05) is 9.80 Å². The molecule has 21 heavy (non-hydrogen) atoms. The van der Waals surface area contributed by atoms with Crippen LogP contribution in [0.4, 0.5) is 0 Å². The molecule has 0 aromatic heterocycles. The van der Waals surface area contributed by atoms with E-state index in [0.717, 1.165) is 32.2 Å². The van der Waals surface area contributed by atoms with Crippen molar-refractivity contribution in [3.05, 3.63) is 0 Å². The molecule has 2 saturated heterocycles. The maximum absolute atomic E-state index is 12.5. The van der Waals surface area contributed by atoms with Crippen molar-refractivity contribution in [2.45, 2.75) is 58.0 Å². The molecule has 0 aromatic carbocycles. The maximum atomic E-state index is 12.5. The second-order valence-corrected chi connectivity index (χ2v) is 6.10. The summed E-state index contributed by atoms with van der Waals surface area (Å²) in [6.07, 6.45) is 4.26. The Morgan fingerprint density at radius 2 is 2.00 bits per heavy atom. The summed E-state index contributed by atoms with van der Waals surface area (Å²) in [7, 11) is 0. The number of rotatable bonds is 4. The highest BCUT2D eigenvalue weighted by Gasteiger charge is 2.39. The summed E-state index contributed by atoms with van der Waals surface area (Å²) < 4.78 is 0. The fraction of sp³-hybridized carbons (Fsp3) is 0.867. The first-order valence-corrected chi connectivity index (χ1v) is 7.90. The fourth-order valence-corrected chi connectivity index (χ4v) is 3.45. The van der Waals surface area contributed by atoms with Crippen LogP contribution in [0.25, 0.3) is 0 Å². The normalized spacial score (nSPS) is 26.2. The molecule has 6 heteroatoms. The summed E-state index contributed by atoms with van der Waals surface area (Å²) in [6.45, 7) is 6.23. The van der Waals surface area contributed by atoms with Crippen LogP contribution in [-0.2, 0) is 9.59 Å². The van der Waals surface area contributed by atoms with E-state index in [0.29, 0.717) is 19.5 Å². The summed E-state index contributed by atoms with van der Waals surface area (Å²) in [6, 6.07) is 0.379. The molecule has 2 aliphatic rings. The number of piperidine rings is 1. The molecule has 2 fully saturated rings. The zero-order valence-electron chi connectivity index (χ0n) is 13.1. The van der Waals surface area contributed by atoms with Crippen LogP contribution in [0.1, 0.15) is 46.0 Å². The molecule has 2 amide bonds. The minimum atomic E-state index is -0.159. The van der Waals surface area contributed by atoms with Gasteiger partial charge in [-0.1, -0.05) is 13.8 Å². The van der Waals surface area contributed by atoms with E-state index in [1.54, 1.807) is 0 Å². The SMILES string of the molecule is CCC(CC)N1CC(C(=O)N2CCCC(N)C2)CC1=O.Cl. The average molecular weight is 318 g/mol. The number of carbonyl (C=O) groups excluding carboxylic acids is 2. The number of carbonyl (C=O) groups is 2. The summed E-state index contributed by atoms with van der Waals surface area (Å²) in [4.78, 5) is 28.4. The molecule has 0 aromatic rings. The molecule has 122 valence electrons. The van der Waals surface area contributed by atoms with Crippen molar-refractivity contribution in [1.82, 2.24) is 9.80 Å². The lowest BCUT2D eigenvalue weighted by atomic mass is 10.0. The Kier molecular flexibility index (Phi) is 6.94. The van der Waals surface area contributed by atoms with E-state index in [2.05, 4.69) is 13.8 Å². The molecule has 2 heterocycles. The van der Waals surface area contributed by atoms with Gasteiger partial charge in [0.1, 0.15) is 0 Å². The molecule has 2 unspecified atom stereocenters. The molecule has 0 aliphatic carbocycles. The third kappa shape index (κ3) is 4.10. The second kappa shape index (κ2) is 7.99. The molecule has 0 radical (unpaired) electrons. The van der Waals surface area contributed by atoms with Gasteiger partial charge < -0.3 is 15.5 Å². The number of nitrogens with zero attached hydrogens (tertiary/aromatic N) is 2.